The zero-order valence-electron chi connectivity index (χ0n) is 15.0. The van der Waals surface area contributed by atoms with Crippen LogP contribution in [0.5, 0.6) is 0 Å². The Balaban J connectivity index is 1.66. The number of likely N-dealkylation sites (tertiary alicyclic amines) is 2. The third kappa shape index (κ3) is 3.75. The van der Waals surface area contributed by atoms with E-state index in [-0.39, 0.29) is 30.0 Å². The molecule has 25 heavy (non-hydrogen) atoms. The van der Waals surface area contributed by atoms with Crippen molar-refractivity contribution in [3.8, 4) is 0 Å². The number of aromatic nitrogens is 2. The molecule has 2 amide bonds. The van der Waals surface area contributed by atoms with Crippen molar-refractivity contribution in [1.82, 2.24) is 19.6 Å². The van der Waals surface area contributed by atoms with Gasteiger partial charge >= 0.3 is 0 Å². The Hall–Kier alpha value is -2.18. The standard InChI is InChI=1S/C18H26N4O3/c1-3-9-21-15-8-10-20(11-14(15)5-7-16(21)23)18(25)12-22-17(24)6-4-13(2)19-22/h4,6,14-15H,3,5,7-12H2,1-2H3/t14-,15+/m0/s1. The Bertz CT molecular complexity index is 715. The number of aryl methyl sites for hydroxylation is 1. The van der Waals surface area contributed by atoms with Crippen LogP contribution in [0.4, 0.5) is 0 Å². The third-order valence-electron chi connectivity index (χ3n) is 5.25. The first-order chi connectivity index (χ1) is 12.0. The molecular weight excluding hydrogens is 320 g/mol. The summed E-state index contributed by atoms with van der Waals surface area (Å²) in [6.45, 7) is 5.97. The Morgan fingerprint density at radius 3 is 2.84 bits per heavy atom. The molecule has 2 fully saturated rings. The lowest BCUT2D eigenvalue weighted by Gasteiger charge is -2.47. The highest BCUT2D eigenvalue weighted by molar-refractivity contribution is 5.78. The second-order valence-corrected chi connectivity index (χ2v) is 7.05. The van der Waals surface area contributed by atoms with E-state index in [0.29, 0.717) is 31.1 Å². The highest BCUT2D eigenvalue weighted by atomic mass is 16.2. The normalized spacial score (nSPS) is 23.5. The number of carbonyl (C=O) groups is 2. The number of carbonyl (C=O) groups excluding carboxylic acids is 2. The molecule has 2 saturated heterocycles. The molecular formula is C18H26N4O3. The first kappa shape index (κ1) is 17.6. The number of fused-ring (bicyclic) bond motifs is 1. The summed E-state index contributed by atoms with van der Waals surface area (Å²) in [5.74, 6) is 0.514. The van der Waals surface area contributed by atoms with Gasteiger partial charge in [-0.1, -0.05) is 6.92 Å². The van der Waals surface area contributed by atoms with E-state index in [1.807, 2.05) is 9.80 Å². The van der Waals surface area contributed by atoms with Gasteiger partial charge in [0.25, 0.3) is 5.56 Å². The number of nitrogens with zero attached hydrogens (tertiary/aromatic N) is 4. The Kier molecular flexibility index (Phi) is 5.20. The van der Waals surface area contributed by atoms with Crippen molar-refractivity contribution in [2.75, 3.05) is 19.6 Å². The minimum atomic E-state index is -0.258. The summed E-state index contributed by atoms with van der Waals surface area (Å²) in [5.41, 5.74) is 0.457. The molecule has 1 aromatic heterocycles. The lowest BCUT2D eigenvalue weighted by Crippen LogP contribution is -2.57. The van der Waals surface area contributed by atoms with Crippen molar-refractivity contribution in [3.05, 3.63) is 28.2 Å². The monoisotopic (exact) mass is 346 g/mol. The van der Waals surface area contributed by atoms with Crippen molar-refractivity contribution >= 4 is 11.8 Å². The number of rotatable bonds is 4. The Morgan fingerprint density at radius 1 is 1.28 bits per heavy atom. The van der Waals surface area contributed by atoms with Gasteiger partial charge in [-0.05, 0) is 38.2 Å². The molecule has 3 heterocycles. The first-order valence-electron chi connectivity index (χ1n) is 9.11. The van der Waals surface area contributed by atoms with E-state index in [0.717, 1.165) is 25.8 Å². The molecule has 0 saturated carbocycles. The van der Waals surface area contributed by atoms with Crippen molar-refractivity contribution < 1.29 is 9.59 Å². The fourth-order valence-corrected chi connectivity index (χ4v) is 4.00. The highest BCUT2D eigenvalue weighted by Gasteiger charge is 2.39. The van der Waals surface area contributed by atoms with Crippen LogP contribution in [0.2, 0.25) is 0 Å². The van der Waals surface area contributed by atoms with Gasteiger partial charge in [-0.3, -0.25) is 14.4 Å². The smallest absolute Gasteiger partial charge is 0.267 e. The summed E-state index contributed by atoms with van der Waals surface area (Å²) in [4.78, 5) is 40.5. The molecule has 2 aliphatic heterocycles. The predicted octanol–water partition coefficient (Wildman–Crippen LogP) is 0.801. The molecule has 0 unspecified atom stereocenters. The average Bonchev–Trinajstić information content (AvgIpc) is 2.60. The van der Waals surface area contributed by atoms with Crippen molar-refractivity contribution in [2.24, 2.45) is 5.92 Å². The Labute approximate surface area is 147 Å². The lowest BCUT2D eigenvalue weighted by molar-refractivity contribution is -0.144. The van der Waals surface area contributed by atoms with E-state index < -0.39 is 0 Å². The summed E-state index contributed by atoms with van der Waals surface area (Å²) in [6.07, 6.45) is 3.19. The lowest BCUT2D eigenvalue weighted by atomic mass is 9.83. The van der Waals surface area contributed by atoms with Gasteiger partial charge in [-0.25, -0.2) is 4.68 Å². The second kappa shape index (κ2) is 7.37. The van der Waals surface area contributed by atoms with Crippen LogP contribution in [0, 0.1) is 12.8 Å². The highest BCUT2D eigenvalue weighted by Crippen LogP contribution is 2.31. The molecule has 0 aliphatic carbocycles. The number of hydrogen-bond donors (Lipinski definition) is 0. The molecule has 7 heteroatoms. The van der Waals surface area contributed by atoms with Gasteiger partial charge in [0.05, 0.1) is 5.69 Å². The molecule has 0 radical (unpaired) electrons. The maximum absolute atomic E-state index is 12.6. The van der Waals surface area contributed by atoms with Crippen molar-refractivity contribution in [3.63, 3.8) is 0 Å². The van der Waals surface area contributed by atoms with Gasteiger partial charge in [0.15, 0.2) is 0 Å². The van der Waals surface area contributed by atoms with Gasteiger partial charge in [0.1, 0.15) is 6.54 Å². The molecule has 0 bridgehead atoms. The van der Waals surface area contributed by atoms with Gasteiger partial charge in [0.2, 0.25) is 11.8 Å². The zero-order chi connectivity index (χ0) is 18.0. The maximum Gasteiger partial charge on any atom is 0.267 e. The van der Waals surface area contributed by atoms with Crippen molar-refractivity contribution in [2.45, 2.75) is 52.1 Å². The number of piperidine rings is 2. The molecule has 0 aromatic carbocycles. The fraction of sp³-hybridized carbons (Fsp3) is 0.667. The quantitative estimate of drug-likeness (QED) is 0.808. The SMILES string of the molecule is CCCN1C(=O)CC[C@H]2CN(C(=O)Cn3nc(C)ccc3=O)CC[C@H]21. The van der Waals surface area contributed by atoms with Gasteiger partial charge in [-0.2, -0.15) is 5.10 Å². The van der Waals surface area contributed by atoms with Gasteiger partial charge in [0, 0.05) is 38.2 Å². The van der Waals surface area contributed by atoms with E-state index in [2.05, 4.69) is 12.0 Å². The predicted molar refractivity (Wildman–Crippen MR) is 92.9 cm³/mol. The summed E-state index contributed by atoms with van der Waals surface area (Å²) in [7, 11) is 0. The second-order valence-electron chi connectivity index (χ2n) is 7.05. The van der Waals surface area contributed by atoms with Gasteiger partial charge < -0.3 is 9.80 Å². The Morgan fingerprint density at radius 2 is 2.08 bits per heavy atom. The summed E-state index contributed by atoms with van der Waals surface area (Å²) in [6, 6.07) is 3.35. The number of amides is 2. The maximum atomic E-state index is 12.6. The largest absolute Gasteiger partial charge is 0.341 e. The van der Waals surface area contributed by atoms with Crippen LogP contribution in [0.3, 0.4) is 0 Å². The molecule has 2 atom stereocenters. The zero-order valence-corrected chi connectivity index (χ0v) is 15.0. The van der Waals surface area contributed by atoms with E-state index in [4.69, 9.17) is 0 Å². The molecule has 3 rings (SSSR count). The van der Waals surface area contributed by atoms with Crippen LogP contribution in [-0.4, -0.2) is 57.1 Å². The minimum absolute atomic E-state index is 0.0183. The average molecular weight is 346 g/mol. The van der Waals surface area contributed by atoms with E-state index in [1.165, 1.54) is 10.7 Å². The van der Waals surface area contributed by atoms with Crippen LogP contribution >= 0.6 is 0 Å². The van der Waals surface area contributed by atoms with Gasteiger partial charge in [-0.15, -0.1) is 0 Å². The first-order valence-corrected chi connectivity index (χ1v) is 9.11. The van der Waals surface area contributed by atoms with Crippen molar-refractivity contribution in [1.29, 1.82) is 0 Å². The summed E-state index contributed by atoms with van der Waals surface area (Å²) < 4.78 is 1.23. The van der Waals surface area contributed by atoms with Crippen LogP contribution in [0.1, 0.15) is 38.3 Å². The molecule has 2 aliphatic rings. The molecule has 0 N–H and O–H groups in total. The van der Waals surface area contributed by atoms with E-state index in [9.17, 15) is 14.4 Å². The third-order valence-corrected chi connectivity index (χ3v) is 5.25. The van der Waals surface area contributed by atoms with Crippen LogP contribution in [-0.2, 0) is 16.1 Å². The number of hydrogen-bond acceptors (Lipinski definition) is 4. The molecule has 1 aromatic rings. The topological polar surface area (TPSA) is 75.5 Å². The summed E-state index contributed by atoms with van der Waals surface area (Å²) >= 11 is 0. The van der Waals surface area contributed by atoms with Crippen LogP contribution in [0.25, 0.3) is 0 Å². The minimum Gasteiger partial charge on any atom is -0.341 e. The van der Waals surface area contributed by atoms with Crippen LogP contribution < -0.4 is 5.56 Å². The summed E-state index contributed by atoms with van der Waals surface area (Å²) in [5, 5.41) is 4.14. The van der Waals surface area contributed by atoms with E-state index >= 15 is 0 Å². The molecule has 7 nitrogen and oxygen atoms in total. The fourth-order valence-electron chi connectivity index (χ4n) is 4.00. The van der Waals surface area contributed by atoms with Crippen LogP contribution in [0.15, 0.2) is 16.9 Å². The molecule has 0 spiro atoms. The van der Waals surface area contributed by atoms with E-state index in [1.54, 1.807) is 13.0 Å². The molecule has 136 valence electrons.